The van der Waals surface area contributed by atoms with Crippen LogP contribution in [0, 0.1) is 0 Å². The second kappa shape index (κ2) is 9.32. The Bertz CT molecular complexity index is 1210. The van der Waals surface area contributed by atoms with Crippen molar-refractivity contribution in [1.82, 2.24) is 4.98 Å². The Balaban J connectivity index is 1.88. The van der Waals surface area contributed by atoms with Crippen molar-refractivity contribution in [3.63, 3.8) is 0 Å². The summed E-state index contributed by atoms with van der Waals surface area (Å²) >= 11 is 0. The Morgan fingerprint density at radius 3 is 2.30 bits per heavy atom. The number of halogens is 6. The minimum Gasteiger partial charge on any atom is -0.326 e. The zero-order chi connectivity index (χ0) is 24.4. The molecule has 0 aliphatic heterocycles. The molecule has 0 saturated carbocycles. The van der Waals surface area contributed by atoms with Gasteiger partial charge in [-0.15, -0.1) is 0 Å². The largest absolute Gasteiger partial charge is 0.417 e. The Morgan fingerprint density at radius 2 is 1.67 bits per heavy atom. The topological polar surface area (TPSA) is 85.1 Å². The van der Waals surface area contributed by atoms with E-state index in [2.05, 4.69) is 10.3 Å². The molecule has 1 aromatic heterocycles. The summed E-state index contributed by atoms with van der Waals surface area (Å²) in [5.74, 6) is -0.783. The molecule has 1 unspecified atom stereocenters. The fourth-order valence-corrected chi connectivity index (χ4v) is 3.72. The monoisotopic (exact) mass is 487 g/mol. The third-order valence-electron chi connectivity index (χ3n) is 4.53. The van der Waals surface area contributed by atoms with Crippen LogP contribution < -0.4 is 10.5 Å². The Morgan fingerprint density at radius 1 is 0.970 bits per heavy atom. The second-order valence-electron chi connectivity index (χ2n) is 6.85. The first-order valence-electron chi connectivity index (χ1n) is 9.14. The predicted octanol–water partition coefficient (Wildman–Crippen LogP) is 4.95. The number of alkyl halides is 6. The number of pyridine rings is 1. The highest BCUT2D eigenvalue weighted by Gasteiger charge is 2.33. The highest BCUT2D eigenvalue weighted by atomic mass is 32.2. The van der Waals surface area contributed by atoms with Gasteiger partial charge in [0.25, 0.3) is 0 Å². The summed E-state index contributed by atoms with van der Waals surface area (Å²) in [4.78, 5) is 15.8. The molecule has 12 heteroatoms. The average molecular weight is 487 g/mol. The molecule has 0 radical (unpaired) electrons. The zero-order valence-electron chi connectivity index (χ0n) is 16.5. The maximum atomic E-state index is 13.1. The van der Waals surface area contributed by atoms with Crippen LogP contribution in [0.5, 0.6) is 0 Å². The second-order valence-corrected chi connectivity index (χ2v) is 7.88. The summed E-state index contributed by atoms with van der Waals surface area (Å²) in [6.45, 7) is 0. The van der Waals surface area contributed by atoms with Gasteiger partial charge in [0.1, 0.15) is 11.0 Å². The SMILES string of the molecule is NS(=O)c1cc(NC(=O)Cc2ccccc2C(F)(F)F)ccc1-c1cncc(C(F)(F)F)c1. The van der Waals surface area contributed by atoms with Crippen molar-refractivity contribution in [2.75, 3.05) is 5.32 Å². The average Bonchev–Trinajstić information content (AvgIpc) is 2.72. The molecule has 0 saturated heterocycles. The number of anilines is 1. The quantitative estimate of drug-likeness (QED) is 0.500. The number of hydrogen-bond acceptors (Lipinski definition) is 3. The van der Waals surface area contributed by atoms with Crippen molar-refractivity contribution >= 4 is 22.6 Å². The van der Waals surface area contributed by atoms with Gasteiger partial charge in [-0.1, -0.05) is 24.3 Å². The molecule has 1 heterocycles. The molecule has 5 nitrogen and oxygen atoms in total. The van der Waals surface area contributed by atoms with Crippen molar-refractivity contribution in [1.29, 1.82) is 0 Å². The summed E-state index contributed by atoms with van der Waals surface area (Å²) in [5, 5.41) is 7.85. The van der Waals surface area contributed by atoms with Crippen molar-refractivity contribution in [2.24, 2.45) is 5.14 Å². The highest BCUT2D eigenvalue weighted by Crippen LogP contribution is 2.34. The molecule has 174 valence electrons. The van der Waals surface area contributed by atoms with E-state index in [1.54, 1.807) is 0 Å². The number of rotatable bonds is 5. The third kappa shape index (κ3) is 5.96. The standard InChI is InChI=1S/C21H15F6N3O2S/c22-20(23,24)14-7-13(10-29-11-14)16-6-5-15(9-18(16)33(28)32)30-19(31)8-12-3-1-2-4-17(12)21(25,26)27/h1-7,9-11H,8,28H2,(H,30,31). The predicted molar refractivity (Wildman–Crippen MR) is 109 cm³/mol. The van der Waals surface area contributed by atoms with E-state index in [9.17, 15) is 35.3 Å². The van der Waals surface area contributed by atoms with E-state index in [4.69, 9.17) is 5.14 Å². The molecule has 0 fully saturated rings. The maximum absolute atomic E-state index is 13.1. The number of benzene rings is 2. The van der Waals surface area contributed by atoms with Crippen LogP contribution in [0.3, 0.4) is 0 Å². The van der Waals surface area contributed by atoms with Gasteiger partial charge >= 0.3 is 12.4 Å². The lowest BCUT2D eigenvalue weighted by Crippen LogP contribution is -2.18. The van der Waals surface area contributed by atoms with Crippen LogP contribution in [-0.2, 0) is 34.6 Å². The van der Waals surface area contributed by atoms with E-state index in [1.807, 2.05) is 0 Å². The van der Waals surface area contributed by atoms with Gasteiger partial charge in [-0.05, 0) is 29.8 Å². The van der Waals surface area contributed by atoms with E-state index in [0.29, 0.717) is 6.20 Å². The Labute approximate surface area is 186 Å². The molecule has 1 atom stereocenters. The molecule has 3 rings (SSSR count). The smallest absolute Gasteiger partial charge is 0.326 e. The molecule has 1 amide bonds. The van der Waals surface area contributed by atoms with Crippen molar-refractivity contribution in [2.45, 2.75) is 23.7 Å². The van der Waals surface area contributed by atoms with Crippen LogP contribution in [0.25, 0.3) is 11.1 Å². The van der Waals surface area contributed by atoms with E-state index < -0.39 is 46.8 Å². The Hall–Kier alpha value is -3.25. The number of hydrogen-bond donors (Lipinski definition) is 2. The van der Waals surface area contributed by atoms with Gasteiger partial charge in [0.2, 0.25) is 5.91 Å². The van der Waals surface area contributed by atoms with Gasteiger partial charge in [0.05, 0.1) is 22.4 Å². The fourth-order valence-electron chi connectivity index (χ4n) is 3.08. The van der Waals surface area contributed by atoms with Crippen LogP contribution >= 0.6 is 0 Å². The van der Waals surface area contributed by atoms with Gasteiger partial charge in [0, 0.05) is 29.2 Å². The van der Waals surface area contributed by atoms with Gasteiger partial charge in [-0.3, -0.25) is 9.78 Å². The van der Waals surface area contributed by atoms with Crippen molar-refractivity contribution in [3.8, 4) is 11.1 Å². The molecule has 0 aliphatic rings. The summed E-state index contributed by atoms with van der Waals surface area (Å²) in [5.41, 5.74) is -2.06. The van der Waals surface area contributed by atoms with E-state index in [1.165, 1.54) is 36.4 Å². The maximum Gasteiger partial charge on any atom is 0.417 e. The minimum atomic E-state index is -4.65. The van der Waals surface area contributed by atoms with E-state index >= 15 is 0 Å². The number of nitrogens with one attached hydrogen (secondary N) is 1. The van der Waals surface area contributed by atoms with Crippen molar-refractivity contribution in [3.05, 3.63) is 77.6 Å². The molecule has 0 aliphatic carbocycles. The first kappa shape index (κ1) is 24.4. The number of carbonyl (C=O) groups excluding carboxylic acids is 1. The molecule has 0 spiro atoms. The highest BCUT2D eigenvalue weighted by molar-refractivity contribution is 7.82. The van der Waals surface area contributed by atoms with Gasteiger partial charge in [-0.2, -0.15) is 26.3 Å². The van der Waals surface area contributed by atoms with E-state index in [0.717, 1.165) is 18.3 Å². The van der Waals surface area contributed by atoms with E-state index in [-0.39, 0.29) is 27.3 Å². The lowest BCUT2D eigenvalue weighted by atomic mass is 10.0. The molecular formula is C21H15F6N3O2S. The molecule has 33 heavy (non-hydrogen) atoms. The normalized spacial score (nSPS) is 12.9. The van der Waals surface area contributed by atoms with Gasteiger partial charge in [-0.25, -0.2) is 9.35 Å². The molecular weight excluding hydrogens is 472 g/mol. The van der Waals surface area contributed by atoms with Crippen LogP contribution in [0.1, 0.15) is 16.7 Å². The first-order valence-corrected chi connectivity index (χ1v) is 10.4. The number of nitrogens with zero attached hydrogens (tertiary/aromatic N) is 1. The lowest BCUT2D eigenvalue weighted by molar-refractivity contribution is -0.139. The summed E-state index contributed by atoms with van der Waals surface area (Å²) < 4.78 is 90.3. The Kier molecular flexibility index (Phi) is 6.89. The van der Waals surface area contributed by atoms with Crippen molar-refractivity contribution < 1.29 is 35.3 Å². The fraction of sp³-hybridized carbons (Fsp3) is 0.143. The van der Waals surface area contributed by atoms with Gasteiger partial charge in [0.15, 0.2) is 0 Å². The van der Waals surface area contributed by atoms with Crippen LogP contribution in [0.2, 0.25) is 0 Å². The van der Waals surface area contributed by atoms with Crippen LogP contribution in [0.15, 0.2) is 65.8 Å². The zero-order valence-corrected chi connectivity index (χ0v) is 17.3. The number of nitrogens with two attached hydrogens (primary N) is 1. The van der Waals surface area contributed by atoms with Crippen LogP contribution in [-0.4, -0.2) is 15.1 Å². The third-order valence-corrected chi connectivity index (χ3v) is 5.30. The first-order chi connectivity index (χ1) is 15.4. The number of amides is 1. The molecule has 3 N–H and O–H groups in total. The summed E-state index contributed by atoms with van der Waals surface area (Å²) in [7, 11) is -2.16. The summed E-state index contributed by atoms with van der Waals surface area (Å²) in [6.07, 6.45) is -8.11. The lowest BCUT2D eigenvalue weighted by Gasteiger charge is -2.14. The van der Waals surface area contributed by atoms with Crippen LogP contribution in [0.4, 0.5) is 32.0 Å². The molecule has 0 bridgehead atoms. The molecule has 3 aromatic rings. The number of aromatic nitrogens is 1. The number of carbonyl (C=O) groups is 1. The van der Waals surface area contributed by atoms with Gasteiger partial charge < -0.3 is 5.32 Å². The minimum absolute atomic E-state index is 0.00407. The summed E-state index contributed by atoms with van der Waals surface area (Å²) in [6, 6.07) is 9.18. The molecule has 2 aromatic carbocycles.